The van der Waals surface area contributed by atoms with Crippen molar-refractivity contribution in [3.63, 3.8) is 0 Å². The Kier molecular flexibility index (Phi) is 18.8. The van der Waals surface area contributed by atoms with Crippen LogP contribution < -0.4 is 5.32 Å². The van der Waals surface area contributed by atoms with E-state index in [1.807, 2.05) is 24.0 Å². The van der Waals surface area contributed by atoms with Gasteiger partial charge in [0.05, 0.1) is 0 Å². The number of nitrogens with zero attached hydrogens (tertiary/aromatic N) is 1. The van der Waals surface area contributed by atoms with Gasteiger partial charge in [-0.15, -0.1) is 0 Å². The Bertz CT molecular complexity index is 806. The predicted molar refractivity (Wildman–Crippen MR) is 154 cm³/mol. The van der Waals surface area contributed by atoms with Gasteiger partial charge >= 0.3 is 0 Å². The molecule has 35 heavy (non-hydrogen) atoms. The number of nitrogens with one attached hydrogen (secondary N) is 1. The summed E-state index contributed by atoms with van der Waals surface area (Å²) >= 11 is 1.58. The zero-order chi connectivity index (χ0) is 26.6. The third-order valence-electron chi connectivity index (χ3n) is 5.14. The molecule has 1 fully saturated rings. The third-order valence-corrected chi connectivity index (χ3v) is 6.24. The molecule has 1 aromatic rings. The molecule has 0 spiro atoms. The van der Waals surface area contributed by atoms with Crippen LogP contribution in [0.15, 0.2) is 29.8 Å². The lowest BCUT2D eigenvalue weighted by molar-refractivity contribution is -0.131. The number of carbonyl (C=O) groups is 2. The van der Waals surface area contributed by atoms with Crippen LogP contribution in [0.4, 0.5) is 0 Å². The van der Waals surface area contributed by atoms with Crippen LogP contribution >= 0.6 is 11.8 Å². The lowest BCUT2D eigenvalue weighted by Gasteiger charge is -2.17. The van der Waals surface area contributed by atoms with Crippen molar-refractivity contribution < 1.29 is 9.59 Å². The van der Waals surface area contributed by atoms with E-state index in [0.717, 1.165) is 43.8 Å². The SMILES string of the molecule is CC(C)C.CCC#CSC(=C(C)C)c1ccc(CNC=O)cc1.CCC(C)CC(=O)N1CCCC1. The zero-order valence-corrected chi connectivity index (χ0v) is 24.2. The number of rotatable bonds is 8. The second kappa shape index (κ2) is 20.0. The maximum absolute atomic E-state index is 11.5. The summed E-state index contributed by atoms with van der Waals surface area (Å²) in [4.78, 5) is 25.0. The molecule has 0 bridgehead atoms. The summed E-state index contributed by atoms with van der Waals surface area (Å²) in [5, 5.41) is 5.77. The first-order valence-corrected chi connectivity index (χ1v) is 13.8. The van der Waals surface area contributed by atoms with Gasteiger partial charge in [0, 0.05) is 37.4 Å². The quantitative estimate of drug-likeness (QED) is 0.297. The number of thioether (sulfide) groups is 1. The molecule has 0 radical (unpaired) electrons. The number of benzene rings is 1. The highest BCUT2D eigenvalue weighted by atomic mass is 32.2. The van der Waals surface area contributed by atoms with Crippen molar-refractivity contribution >= 4 is 29.0 Å². The molecule has 1 aromatic carbocycles. The van der Waals surface area contributed by atoms with Crippen molar-refractivity contribution in [2.75, 3.05) is 13.1 Å². The highest BCUT2D eigenvalue weighted by Gasteiger charge is 2.18. The molecule has 1 aliphatic heterocycles. The molecule has 0 aromatic heterocycles. The molecule has 5 heteroatoms. The third kappa shape index (κ3) is 16.2. The van der Waals surface area contributed by atoms with Gasteiger partial charge in [-0.2, -0.15) is 0 Å². The molecular formula is C30H48N2O2S. The lowest BCUT2D eigenvalue weighted by Crippen LogP contribution is -2.28. The second-order valence-corrected chi connectivity index (χ2v) is 10.6. The van der Waals surface area contributed by atoms with E-state index in [1.165, 1.54) is 28.9 Å². The number of allylic oxidation sites excluding steroid dienone is 1. The molecule has 1 unspecified atom stereocenters. The van der Waals surface area contributed by atoms with Crippen LogP contribution in [0.3, 0.4) is 0 Å². The maximum Gasteiger partial charge on any atom is 0.222 e. The summed E-state index contributed by atoms with van der Waals surface area (Å²) in [5.41, 5.74) is 3.52. The van der Waals surface area contributed by atoms with Gasteiger partial charge in [-0.1, -0.05) is 83.7 Å². The van der Waals surface area contributed by atoms with Crippen molar-refractivity contribution in [1.82, 2.24) is 10.2 Å². The van der Waals surface area contributed by atoms with Gasteiger partial charge in [-0.25, -0.2) is 0 Å². The summed E-state index contributed by atoms with van der Waals surface area (Å²) in [6.45, 7) is 19.6. The first-order valence-electron chi connectivity index (χ1n) is 13.0. The summed E-state index contributed by atoms with van der Waals surface area (Å²) in [5.74, 6) is 4.82. The first kappa shape index (κ1) is 32.8. The molecule has 0 aliphatic carbocycles. The van der Waals surface area contributed by atoms with Crippen molar-refractivity contribution in [1.29, 1.82) is 0 Å². The first-order chi connectivity index (χ1) is 16.7. The van der Waals surface area contributed by atoms with Crippen molar-refractivity contribution in [2.45, 2.75) is 94.0 Å². The Morgan fingerprint density at radius 1 is 1.09 bits per heavy atom. The number of hydrogen-bond acceptors (Lipinski definition) is 3. The number of likely N-dealkylation sites (tertiary alicyclic amines) is 1. The minimum absolute atomic E-state index is 0.363. The normalized spacial score (nSPS) is 12.8. The largest absolute Gasteiger partial charge is 0.355 e. The van der Waals surface area contributed by atoms with E-state index >= 15 is 0 Å². The van der Waals surface area contributed by atoms with Gasteiger partial charge in [0.1, 0.15) is 0 Å². The number of carbonyl (C=O) groups excluding carboxylic acids is 2. The molecule has 1 saturated heterocycles. The molecule has 1 heterocycles. The van der Waals surface area contributed by atoms with Crippen molar-refractivity contribution in [3.05, 3.63) is 41.0 Å². The number of amides is 2. The predicted octanol–water partition coefficient (Wildman–Crippen LogP) is 7.49. The maximum atomic E-state index is 11.5. The van der Waals surface area contributed by atoms with Crippen molar-refractivity contribution in [2.24, 2.45) is 11.8 Å². The molecule has 0 saturated carbocycles. The van der Waals surface area contributed by atoms with E-state index in [-0.39, 0.29) is 0 Å². The number of hydrogen-bond donors (Lipinski definition) is 1. The Morgan fingerprint density at radius 2 is 1.66 bits per heavy atom. The average molecular weight is 501 g/mol. The Hall–Kier alpha value is -2.19. The van der Waals surface area contributed by atoms with E-state index in [2.05, 4.69) is 77.1 Å². The van der Waals surface area contributed by atoms with E-state index in [1.54, 1.807) is 11.8 Å². The van der Waals surface area contributed by atoms with Crippen LogP contribution in [0.1, 0.15) is 98.6 Å². The van der Waals surface area contributed by atoms with Crippen LogP contribution in [0.2, 0.25) is 0 Å². The van der Waals surface area contributed by atoms with E-state index in [0.29, 0.717) is 24.8 Å². The van der Waals surface area contributed by atoms with Crippen LogP contribution in [0.5, 0.6) is 0 Å². The summed E-state index contributed by atoms with van der Waals surface area (Å²) in [6.07, 6.45) is 5.85. The van der Waals surface area contributed by atoms with Gasteiger partial charge in [-0.05, 0) is 66.7 Å². The van der Waals surface area contributed by atoms with Gasteiger partial charge in [0.15, 0.2) is 0 Å². The van der Waals surface area contributed by atoms with Gasteiger partial charge < -0.3 is 10.2 Å². The van der Waals surface area contributed by atoms with E-state index in [4.69, 9.17) is 0 Å². The van der Waals surface area contributed by atoms with Gasteiger partial charge in [0.2, 0.25) is 12.3 Å². The second-order valence-electron chi connectivity index (χ2n) is 9.80. The van der Waals surface area contributed by atoms with Crippen molar-refractivity contribution in [3.8, 4) is 11.2 Å². The molecule has 2 amide bonds. The zero-order valence-electron chi connectivity index (χ0n) is 23.4. The highest BCUT2D eigenvalue weighted by Crippen LogP contribution is 2.30. The Balaban J connectivity index is 0.000000614. The molecular weight excluding hydrogens is 452 g/mol. The van der Waals surface area contributed by atoms with Gasteiger partial charge in [0.25, 0.3) is 0 Å². The van der Waals surface area contributed by atoms with Crippen LogP contribution in [0.25, 0.3) is 4.91 Å². The van der Waals surface area contributed by atoms with E-state index < -0.39 is 0 Å². The van der Waals surface area contributed by atoms with E-state index in [9.17, 15) is 9.59 Å². The molecule has 2 rings (SSSR count). The molecule has 1 atom stereocenters. The smallest absolute Gasteiger partial charge is 0.222 e. The Morgan fingerprint density at radius 3 is 2.11 bits per heavy atom. The highest BCUT2D eigenvalue weighted by molar-refractivity contribution is 8.12. The minimum Gasteiger partial charge on any atom is -0.355 e. The molecule has 4 nitrogen and oxygen atoms in total. The van der Waals surface area contributed by atoms with Crippen LogP contribution in [-0.4, -0.2) is 30.3 Å². The van der Waals surface area contributed by atoms with Crippen LogP contribution in [0, 0.1) is 23.0 Å². The summed E-state index contributed by atoms with van der Waals surface area (Å²) < 4.78 is 0. The molecule has 1 N–H and O–H groups in total. The fourth-order valence-corrected chi connectivity index (χ4v) is 3.86. The summed E-state index contributed by atoms with van der Waals surface area (Å²) in [7, 11) is 0. The average Bonchev–Trinajstić information content (AvgIpc) is 3.36. The van der Waals surface area contributed by atoms with Crippen LogP contribution in [-0.2, 0) is 16.1 Å². The lowest BCUT2D eigenvalue weighted by atomic mass is 10.0. The van der Waals surface area contributed by atoms with Gasteiger partial charge in [-0.3, -0.25) is 9.59 Å². The minimum atomic E-state index is 0.363. The fourth-order valence-electron chi connectivity index (χ4n) is 3.08. The standard InChI is InChI=1S/C16H19NOS.C10H19NO.C4H10/c1-4-5-10-19-16(13(2)3)15-8-6-14(7-9-15)11-17-12-18;1-3-9(2)8-10(12)11-6-4-5-7-11;1-4(2)3/h6-9,12H,4,11H2,1-3H3,(H,17,18);9H,3-8H2,1-2H3;4H,1-3H3. The topological polar surface area (TPSA) is 49.4 Å². The summed E-state index contributed by atoms with van der Waals surface area (Å²) in [6, 6.07) is 8.21. The monoisotopic (exact) mass is 500 g/mol. The Labute approximate surface area is 219 Å². The molecule has 196 valence electrons. The fraction of sp³-hybridized carbons (Fsp3) is 0.600. The molecule has 1 aliphatic rings.